The van der Waals surface area contributed by atoms with Crippen LogP contribution in [0.2, 0.25) is 0 Å². The molecule has 0 aliphatic carbocycles. The second-order valence-electron chi connectivity index (χ2n) is 5.54. The Morgan fingerprint density at radius 2 is 1.62 bits per heavy atom. The lowest BCUT2D eigenvalue weighted by molar-refractivity contribution is 0.0953. The van der Waals surface area contributed by atoms with Crippen molar-refractivity contribution in [2.24, 2.45) is 5.92 Å². The largest absolute Gasteiger partial charge is 0.391 e. The highest BCUT2D eigenvalue weighted by molar-refractivity contribution is 5.94. The summed E-state index contributed by atoms with van der Waals surface area (Å²) in [6, 6.07) is 4.82. The summed E-state index contributed by atoms with van der Waals surface area (Å²) in [6.45, 7) is 4.70. The smallest absolute Gasteiger partial charge is 0.314 e. The number of nitrogens with one attached hydrogen (secondary N) is 3. The number of hydrogen-bond acceptors (Lipinski definition) is 3. The van der Waals surface area contributed by atoms with E-state index in [1.807, 2.05) is 13.8 Å². The highest BCUT2D eigenvalue weighted by Gasteiger charge is 2.15. The van der Waals surface area contributed by atoms with Gasteiger partial charge in [-0.15, -0.1) is 0 Å². The minimum Gasteiger partial charge on any atom is -0.391 e. The summed E-state index contributed by atoms with van der Waals surface area (Å²) in [4.78, 5) is 23.4. The van der Waals surface area contributed by atoms with Gasteiger partial charge in [0.2, 0.25) is 0 Å². The van der Waals surface area contributed by atoms with Crippen molar-refractivity contribution < 1.29 is 19.1 Å². The summed E-state index contributed by atoms with van der Waals surface area (Å²) in [5.74, 6) is -0.567. The molecule has 1 unspecified atom stereocenters. The Hall–Kier alpha value is -2.15. The van der Waals surface area contributed by atoms with Gasteiger partial charge in [0.05, 0.1) is 6.10 Å². The second kappa shape index (κ2) is 10.6. The zero-order valence-electron chi connectivity index (χ0n) is 14.1. The molecule has 0 heterocycles. The van der Waals surface area contributed by atoms with Crippen LogP contribution in [-0.4, -0.2) is 42.8 Å². The van der Waals surface area contributed by atoms with Crippen LogP contribution >= 0.6 is 0 Å². The highest BCUT2D eigenvalue weighted by atomic mass is 19.1. The molecule has 0 radical (unpaired) electrons. The molecule has 1 aromatic rings. The van der Waals surface area contributed by atoms with Crippen molar-refractivity contribution in [2.75, 3.05) is 19.6 Å². The molecule has 0 aromatic heterocycles. The fraction of sp³-hybridized carbons (Fsp3) is 0.529. The normalized spacial score (nSPS) is 11.9. The van der Waals surface area contributed by atoms with Gasteiger partial charge in [-0.3, -0.25) is 4.79 Å². The van der Waals surface area contributed by atoms with Crippen LogP contribution in [0.1, 0.15) is 37.0 Å². The molecular formula is C17H26FN3O3. The van der Waals surface area contributed by atoms with Crippen LogP contribution < -0.4 is 16.0 Å². The lowest BCUT2D eigenvalue weighted by Crippen LogP contribution is -2.44. The number of aliphatic hydroxyl groups is 1. The topological polar surface area (TPSA) is 90.5 Å². The number of amides is 3. The van der Waals surface area contributed by atoms with Gasteiger partial charge in [0.15, 0.2) is 0 Å². The predicted octanol–water partition coefficient (Wildman–Crippen LogP) is 1.65. The van der Waals surface area contributed by atoms with Gasteiger partial charge in [-0.25, -0.2) is 9.18 Å². The number of rotatable bonds is 9. The Balaban J connectivity index is 2.19. The molecule has 7 heteroatoms. The van der Waals surface area contributed by atoms with E-state index >= 15 is 0 Å². The van der Waals surface area contributed by atoms with Crippen LogP contribution in [-0.2, 0) is 0 Å². The molecule has 6 nitrogen and oxygen atoms in total. The summed E-state index contributed by atoms with van der Waals surface area (Å²) < 4.78 is 12.8. The van der Waals surface area contributed by atoms with Gasteiger partial charge in [-0.05, 0) is 30.2 Å². The number of carbonyl (C=O) groups excluding carboxylic acids is 2. The van der Waals surface area contributed by atoms with Gasteiger partial charge in [0, 0.05) is 25.2 Å². The average Bonchev–Trinajstić information content (AvgIpc) is 2.58. The van der Waals surface area contributed by atoms with E-state index in [-0.39, 0.29) is 31.5 Å². The van der Waals surface area contributed by atoms with Crippen molar-refractivity contribution in [2.45, 2.75) is 32.8 Å². The van der Waals surface area contributed by atoms with E-state index in [0.717, 1.165) is 12.8 Å². The molecule has 0 saturated carbocycles. The first kappa shape index (κ1) is 19.9. The fourth-order valence-electron chi connectivity index (χ4n) is 2.31. The van der Waals surface area contributed by atoms with Crippen molar-refractivity contribution in [1.29, 1.82) is 0 Å². The van der Waals surface area contributed by atoms with Crippen molar-refractivity contribution in [1.82, 2.24) is 16.0 Å². The number of hydrogen-bond donors (Lipinski definition) is 4. The lowest BCUT2D eigenvalue weighted by Gasteiger charge is -2.20. The average molecular weight is 339 g/mol. The molecule has 3 amide bonds. The Kier molecular flexibility index (Phi) is 8.78. The minimum atomic E-state index is -0.566. The maximum atomic E-state index is 12.8. The summed E-state index contributed by atoms with van der Waals surface area (Å²) in [6.07, 6.45) is 1.15. The standard InChI is InChI=1S/C17H26FN3O3/c1-3-12(4-2)15(22)11-21-17(24)20-10-9-19-16(23)13-5-7-14(18)8-6-13/h5-8,12,15,22H,3-4,9-11H2,1-2H3,(H,19,23)(H2,20,21,24). The van der Waals surface area contributed by atoms with Crippen molar-refractivity contribution in [3.05, 3.63) is 35.6 Å². The molecule has 4 N–H and O–H groups in total. The number of aliphatic hydroxyl groups excluding tert-OH is 1. The zero-order valence-corrected chi connectivity index (χ0v) is 14.1. The van der Waals surface area contributed by atoms with Gasteiger partial charge in [0.1, 0.15) is 5.82 Å². The zero-order chi connectivity index (χ0) is 17.9. The third-order valence-corrected chi connectivity index (χ3v) is 3.87. The molecule has 1 atom stereocenters. The van der Waals surface area contributed by atoms with Crippen LogP contribution in [0.4, 0.5) is 9.18 Å². The van der Waals surface area contributed by atoms with Crippen LogP contribution in [0.15, 0.2) is 24.3 Å². The molecular weight excluding hydrogens is 313 g/mol. The molecule has 0 fully saturated rings. The van der Waals surface area contributed by atoms with E-state index in [1.54, 1.807) is 0 Å². The summed E-state index contributed by atoms with van der Waals surface area (Å²) in [5, 5.41) is 17.7. The van der Waals surface area contributed by atoms with Gasteiger partial charge < -0.3 is 21.1 Å². The monoisotopic (exact) mass is 339 g/mol. The molecule has 1 aromatic carbocycles. The van der Waals surface area contributed by atoms with Gasteiger partial charge in [-0.1, -0.05) is 26.7 Å². The van der Waals surface area contributed by atoms with Gasteiger partial charge >= 0.3 is 6.03 Å². The molecule has 0 bridgehead atoms. The van der Waals surface area contributed by atoms with Gasteiger partial charge in [-0.2, -0.15) is 0 Å². The number of halogens is 1. The Bertz CT molecular complexity index is 518. The maximum Gasteiger partial charge on any atom is 0.314 e. The molecule has 1 rings (SSSR count). The van der Waals surface area contributed by atoms with E-state index in [0.29, 0.717) is 5.56 Å². The van der Waals surface area contributed by atoms with E-state index in [1.165, 1.54) is 24.3 Å². The van der Waals surface area contributed by atoms with E-state index in [4.69, 9.17) is 0 Å². The van der Waals surface area contributed by atoms with Gasteiger partial charge in [0.25, 0.3) is 5.91 Å². The first-order chi connectivity index (χ1) is 11.5. The Labute approximate surface area is 141 Å². The first-order valence-electron chi connectivity index (χ1n) is 8.21. The second-order valence-corrected chi connectivity index (χ2v) is 5.54. The number of benzene rings is 1. The van der Waals surface area contributed by atoms with E-state index < -0.39 is 18.0 Å². The minimum absolute atomic E-state index is 0.167. The summed E-state index contributed by atoms with van der Waals surface area (Å²) >= 11 is 0. The van der Waals surface area contributed by atoms with Crippen LogP contribution in [0.25, 0.3) is 0 Å². The van der Waals surface area contributed by atoms with Crippen LogP contribution in [0.5, 0.6) is 0 Å². The predicted molar refractivity (Wildman–Crippen MR) is 90.2 cm³/mol. The molecule has 134 valence electrons. The van der Waals surface area contributed by atoms with Crippen molar-refractivity contribution in [3.8, 4) is 0 Å². The molecule has 24 heavy (non-hydrogen) atoms. The maximum absolute atomic E-state index is 12.8. The Morgan fingerprint density at radius 1 is 1.04 bits per heavy atom. The van der Waals surface area contributed by atoms with E-state index in [2.05, 4.69) is 16.0 Å². The third kappa shape index (κ3) is 6.95. The summed E-state index contributed by atoms with van der Waals surface area (Å²) in [7, 11) is 0. The van der Waals surface area contributed by atoms with Crippen LogP contribution in [0, 0.1) is 11.7 Å². The Morgan fingerprint density at radius 3 is 2.21 bits per heavy atom. The quantitative estimate of drug-likeness (QED) is 0.516. The van der Waals surface area contributed by atoms with Crippen molar-refractivity contribution in [3.63, 3.8) is 0 Å². The number of urea groups is 1. The highest BCUT2D eigenvalue weighted by Crippen LogP contribution is 2.12. The molecule has 0 saturated heterocycles. The number of carbonyl (C=O) groups is 2. The summed E-state index contributed by atoms with van der Waals surface area (Å²) in [5.41, 5.74) is 0.356. The third-order valence-electron chi connectivity index (χ3n) is 3.87. The fourth-order valence-corrected chi connectivity index (χ4v) is 2.31. The lowest BCUT2D eigenvalue weighted by atomic mass is 9.97. The molecule has 0 aliphatic rings. The SMILES string of the molecule is CCC(CC)C(O)CNC(=O)NCCNC(=O)c1ccc(F)cc1. The molecule has 0 aliphatic heterocycles. The molecule has 0 spiro atoms. The van der Waals surface area contributed by atoms with Crippen molar-refractivity contribution >= 4 is 11.9 Å². The van der Waals surface area contributed by atoms with Crippen LogP contribution in [0.3, 0.4) is 0 Å². The first-order valence-corrected chi connectivity index (χ1v) is 8.21. The van der Waals surface area contributed by atoms with E-state index in [9.17, 15) is 19.1 Å².